The van der Waals surface area contributed by atoms with E-state index in [2.05, 4.69) is 27.4 Å². The molecule has 2 aromatic carbocycles. The van der Waals surface area contributed by atoms with Crippen molar-refractivity contribution >= 4 is 23.0 Å². The molecule has 2 fully saturated rings. The Morgan fingerprint density at radius 3 is 2.47 bits per heavy atom. The topological polar surface area (TPSA) is 87.3 Å². The van der Waals surface area contributed by atoms with Crippen LogP contribution in [0.25, 0.3) is 11.0 Å². The van der Waals surface area contributed by atoms with Crippen LogP contribution in [0.15, 0.2) is 54.6 Å². The SMILES string of the molecule is CC1(C)OC(=O)N(C2CCC(NC(=O)c3nc4ccccc4[nH]3)CC2)C1c1ccccc1. The number of fused-ring (bicyclic) bond motifs is 1. The maximum Gasteiger partial charge on any atom is 0.411 e. The van der Waals surface area contributed by atoms with Crippen molar-refractivity contribution in [2.75, 3.05) is 0 Å². The van der Waals surface area contributed by atoms with Gasteiger partial charge in [-0.1, -0.05) is 42.5 Å². The summed E-state index contributed by atoms with van der Waals surface area (Å²) in [6.07, 6.45) is 3.00. The molecule has 166 valence electrons. The molecule has 1 unspecified atom stereocenters. The summed E-state index contributed by atoms with van der Waals surface area (Å²) in [6.45, 7) is 3.95. The molecule has 0 radical (unpaired) electrons. The Morgan fingerprint density at radius 1 is 1.06 bits per heavy atom. The molecule has 5 rings (SSSR count). The number of cyclic esters (lactones) is 1. The summed E-state index contributed by atoms with van der Waals surface area (Å²) in [4.78, 5) is 34.9. The lowest BCUT2D eigenvalue weighted by molar-refractivity contribution is 0.0663. The second-order valence-electron chi connectivity index (χ2n) is 9.27. The van der Waals surface area contributed by atoms with E-state index in [0.717, 1.165) is 42.3 Å². The van der Waals surface area contributed by atoms with Gasteiger partial charge < -0.3 is 15.0 Å². The molecule has 2 amide bonds. The van der Waals surface area contributed by atoms with Crippen LogP contribution < -0.4 is 5.32 Å². The normalized spacial score (nSPS) is 25.0. The van der Waals surface area contributed by atoms with Gasteiger partial charge in [0.05, 0.1) is 17.1 Å². The predicted molar refractivity (Wildman–Crippen MR) is 121 cm³/mol. The number of nitrogens with zero attached hydrogens (tertiary/aromatic N) is 2. The number of rotatable bonds is 4. The number of amides is 2. The van der Waals surface area contributed by atoms with Gasteiger partial charge in [-0.05, 0) is 57.2 Å². The van der Waals surface area contributed by atoms with Gasteiger partial charge in [0.25, 0.3) is 5.91 Å². The number of ether oxygens (including phenoxy) is 1. The standard InChI is InChI=1S/C25H28N4O3/c1-25(2)21(16-8-4-3-5-9-16)29(24(31)32-25)18-14-12-17(13-15-18)26-23(30)22-27-19-10-6-7-11-20(19)28-22/h3-11,17-18,21H,12-15H2,1-2H3,(H,26,30)(H,27,28). The zero-order valence-corrected chi connectivity index (χ0v) is 18.4. The average Bonchev–Trinajstić information content (AvgIpc) is 3.32. The fraction of sp³-hybridized carbons (Fsp3) is 0.400. The maximum absolute atomic E-state index is 12.8. The van der Waals surface area contributed by atoms with Gasteiger partial charge in [0.1, 0.15) is 5.60 Å². The van der Waals surface area contributed by atoms with Crippen molar-refractivity contribution in [3.8, 4) is 0 Å². The number of H-pyrrole nitrogens is 1. The first-order chi connectivity index (χ1) is 15.4. The minimum atomic E-state index is -0.592. The molecule has 1 aromatic heterocycles. The summed E-state index contributed by atoms with van der Waals surface area (Å²) in [6, 6.07) is 17.7. The Kier molecular flexibility index (Phi) is 5.12. The van der Waals surface area contributed by atoms with Crippen LogP contribution in [0.2, 0.25) is 0 Å². The summed E-state index contributed by atoms with van der Waals surface area (Å²) in [5.41, 5.74) is 2.13. The Labute approximate surface area is 187 Å². The fourth-order valence-corrected chi connectivity index (χ4v) is 5.14. The maximum atomic E-state index is 12.8. The van der Waals surface area contributed by atoms with Crippen LogP contribution in [-0.2, 0) is 4.74 Å². The monoisotopic (exact) mass is 432 g/mol. The molecule has 0 bridgehead atoms. The summed E-state index contributed by atoms with van der Waals surface area (Å²) < 4.78 is 5.76. The first-order valence-electron chi connectivity index (χ1n) is 11.2. The molecular weight excluding hydrogens is 404 g/mol. The average molecular weight is 433 g/mol. The van der Waals surface area contributed by atoms with E-state index in [1.807, 2.05) is 61.2 Å². The molecule has 3 aromatic rings. The third-order valence-corrected chi connectivity index (χ3v) is 6.64. The molecule has 1 aliphatic carbocycles. The number of hydrogen-bond acceptors (Lipinski definition) is 4. The van der Waals surface area contributed by atoms with Crippen molar-refractivity contribution in [3.63, 3.8) is 0 Å². The van der Waals surface area contributed by atoms with E-state index < -0.39 is 5.60 Å². The lowest BCUT2D eigenvalue weighted by Crippen LogP contribution is -2.46. The molecule has 2 aliphatic rings. The zero-order valence-electron chi connectivity index (χ0n) is 18.4. The van der Waals surface area contributed by atoms with E-state index in [1.165, 1.54) is 0 Å². The van der Waals surface area contributed by atoms with E-state index in [0.29, 0.717) is 5.82 Å². The van der Waals surface area contributed by atoms with Crippen molar-refractivity contribution in [3.05, 3.63) is 66.0 Å². The van der Waals surface area contributed by atoms with Crippen molar-refractivity contribution in [1.82, 2.24) is 20.2 Å². The molecule has 1 aliphatic heterocycles. The number of aromatic nitrogens is 2. The molecule has 2 N–H and O–H groups in total. The van der Waals surface area contributed by atoms with Crippen LogP contribution in [0, 0.1) is 0 Å². The number of nitrogens with one attached hydrogen (secondary N) is 2. The highest BCUT2D eigenvalue weighted by Crippen LogP contribution is 2.44. The lowest BCUT2D eigenvalue weighted by Gasteiger charge is -2.38. The van der Waals surface area contributed by atoms with Gasteiger partial charge in [0.15, 0.2) is 5.82 Å². The van der Waals surface area contributed by atoms with Crippen molar-refractivity contribution in [2.45, 2.75) is 63.3 Å². The highest BCUT2D eigenvalue weighted by atomic mass is 16.6. The summed E-state index contributed by atoms with van der Waals surface area (Å²) >= 11 is 0. The number of aromatic amines is 1. The van der Waals surface area contributed by atoms with E-state index in [1.54, 1.807) is 0 Å². The van der Waals surface area contributed by atoms with Crippen molar-refractivity contribution < 1.29 is 14.3 Å². The highest BCUT2D eigenvalue weighted by Gasteiger charge is 2.51. The number of benzene rings is 2. The molecule has 2 heterocycles. The van der Waals surface area contributed by atoms with Crippen LogP contribution in [0.5, 0.6) is 0 Å². The van der Waals surface area contributed by atoms with Gasteiger partial charge in [-0.15, -0.1) is 0 Å². The van der Waals surface area contributed by atoms with Gasteiger partial charge >= 0.3 is 6.09 Å². The largest absolute Gasteiger partial charge is 0.441 e. The van der Waals surface area contributed by atoms with Gasteiger partial charge in [0.2, 0.25) is 0 Å². The fourth-order valence-electron chi connectivity index (χ4n) is 5.14. The van der Waals surface area contributed by atoms with E-state index in [9.17, 15) is 9.59 Å². The van der Waals surface area contributed by atoms with Crippen LogP contribution in [-0.4, -0.2) is 44.6 Å². The quantitative estimate of drug-likeness (QED) is 0.632. The first kappa shape index (κ1) is 20.5. The van der Waals surface area contributed by atoms with Gasteiger partial charge in [0, 0.05) is 12.1 Å². The van der Waals surface area contributed by atoms with Crippen LogP contribution in [0.3, 0.4) is 0 Å². The number of imidazole rings is 1. The van der Waals surface area contributed by atoms with Crippen LogP contribution >= 0.6 is 0 Å². The number of carbonyl (C=O) groups is 2. The Hall–Kier alpha value is -3.35. The minimum Gasteiger partial charge on any atom is -0.441 e. The van der Waals surface area contributed by atoms with Gasteiger partial charge in [-0.25, -0.2) is 9.78 Å². The van der Waals surface area contributed by atoms with Gasteiger partial charge in [-0.2, -0.15) is 0 Å². The Bertz CT molecular complexity index is 1100. The third kappa shape index (κ3) is 3.72. The molecule has 1 saturated carbocycles. The third-order valence-electron chi connectivity index (χ3n) is 6.64. The number of hydrogen-bond donors (Lipinski definition) is 2. The molecule has 1 saturated heterocycles. The highest BCUT2D eigenvalue weighted by molar-refractivity contribution is 5.94. The first-order valence-corrected chi connectivity index (χ1v) is 11.2. The Balaban J connectivity index is 1.25. The molecule has 0 spiro atoms. The predicted octanol–water partition coefficient (Wildman–Crippen LogP) is 4.58. The van der Waals surface area contributed by atoms with E-state index in [4.69, 9.17) is 4.74 Å². The molecule has 7 heteroatoms. The van der Waals surface area contributed by atoms with E-state index >= 15 is 0 Å². The number of para-hydroxylation sites is 2. The van der Waals surface area contributed by atoms with Gasteiger partial charge in [-0.3, -0.25) is 9.69 Å². The second kappa shape index (κ2) is 7.97. The number of carbonyl (C=O) groups excluding carboxylic acids is 2. The smallest absolute Gasteiger partial charge is 0.411 e. The van der Waals surface area contributed by atoms with Crippen molar-refractivity contribution in [2.24, 2.45) is 0 Å². The van der Waals surface area contributed by atoms with E-state index in [-0.39, 0.29) is 30.1 Å². The molecule has 1 atom stereocenters. The van der Waals surface area contributed by atoms with Crippen LogP contribution in [0.4, 0.5) is 4.79 Å². The zero-order chi connectivity index (χ0) is 22.3. The molecular formula is C25H28N4O3. The van der Waals surface area contributed by atoms with Crippen molar-refractivity contribution in [1.29, 1.82) is 0 Å². The summed E-state index contributed by atoms with van der Waals surface area (Å²) in [7, 11) is 0. The Morgan fingerprint density at radius 2 is 1.75 bits per heavy atom. The molecule has 32 heavy (non-hydrogen) atoms. The minimum absolute atomic E-state index is 0.0637. The van der Waals surface area contributed by atoms with Crippen LogP contribution in [0.1, 0.15) is 61.8 Å². The second-order valence-corrected chi connectivity index (χ2v) is 9.27. The summed E-state index contributed by atoms with van der Waals surface area (Å²) in [5.74, 6) is 0.149. The lowest BCUT2D eigenvalue weighted by atomic mass is 9.86. The summed E-state index contributed by atoms with van der Waals surface area (Å²) in [5, 5.41) is 3.11. The molecule has 7 nitrogen and oxygen atoms in total.